The molecule has 3 atom stereocenters. The summed E-state index contributed by atoms with van der Waals surface area (Å²) in [4.78, 5) is 12.2. The SMILES string of the molecule is Nc1ncnc2c1ncn2[C@@H]1OC(CO)(CO)[C@@H]2O[C@H]12. The Morgan fingerprint density at radius 2 is 2.10 bits per heavy atom. The Bertz CT molecular complexity index is 670. The second kappa shape index (κ2) is 3.85. The molecule has 2 aromatic rings. The number of aromatic nitrogens is 4. The molecule has 9 nitrogen and oxygen atoms in total. The summed E-state index contributed by atoms with van der Waals surface area (Å²) in [5.74, 6) is 0.288. The van der Waals surface area contributed by atoms with E-state index in [1.807, 2.05) is 0 Å². The van der Waals surface area contributed by atoms with Crippen LogP contribution in [-0.4, -0.2) is 60.8 Å². The molecule has 4 N–H and O–H groups in total. The number of nitrogen functional groups attached to an aromatic ring is 1. The van der Waals surface area contributed by atoms with Crippen molar-refractivity contribution in [3.63, 3.8) is 0 Å². The molecule has 0 aliphatic carbocycles. The number of imidazole rings is 1. The van der Waals surface area contributed by atoms with E-state index in [0.29, 0.717) is 11.2 Å². The van der Waals surface area contributed by atoms with Crippen molar-refractivity contribution in [3.8, 4) is 0 Å². The number of aliphatic hydroxyl groups is 2. The van der Waals surface area contributed by atoms with Gasteiger partial charge in [-0.1, -0.05) is 0 Å². The molecular weight excluding hydrogens is 266 g/mol. The number of rotatable bonds is 3. The summed E-state index contributed by atoms with van der Waals surface area (Å²) in [7, 11) is 0. The summed E-state index contributed by atoms with van der Waals surface area (Å²) < 4.78 is 13.0. The van der Waals surface area contributed by atoms with Crippen molar-refractivity contribution in [3.05, 3.63) is 12.7 Å². The molecule has 0 unspecified atom stereocenters. The first-order valence-electron chi connectivity index (χ1n) is 6.18. The van der Waals surface area contributed by atoms with Gasteiger partial charge >= 0.3 is 0 Å². The summed E-state index contributed by atoms with van der Waals surface area (Å²) in [6.45, 7) is -0.629. The van der Waals surface area contributed by atoms with Crippen LogP contribution in [0.5, 0.6) is 0 Å². The number of anilines is 1. The Morgan fingerprint density at radius 1 is 1.30 bits per heavy atom. The van der Waals surface area contributed by atoms with Crippen molar-refractivity contribution in [2.75, 3.05) is 18.9 Å². The normalized spacial score (nSPS) is 30.6. The number of ether oxygens (including phenoxy) is 2. The van der Waals surface area contributed by atoms with Crippen molar-refractivity contribution in [1.29, 1.82) is 0 Å². The molecule has 2 aliphatic rings. The average Bonchev–Trinajstić information content (AvgIpc) is 3.04. The van der Waals surface area contributed by atoms with E-state index in [2.05, 4.69) is 15.0 Å². The van der Waals surface area contributed by atoms with E-state index in [4.69, 9.17) is 15.2 Å². The van der Waals surface area contributed by atoms with Gasteiger partial charge in [0.1, 0.15) is 29.7 Å². The van der Waals surface area contributed by atoms with E-state index in [9.17, 15) is 10.2 Å². The first-order valence-corrected chi connectivity index (χ1v) is 6.18. The minimum Gasteiger partial charge on any atom is -0.393 e. The highest BCUT2D eigenvalue weighted by Crippen LogP contribution is 2.51. The molecule has 0 spiro atoms. The van der Waals surface area contributed by atoms with E-state index in [1.54, 1.807) is 10.9 Å². The largest absolute Gasteiger partial charge is 0.393 e. The second-order valence-corrected chi connectivity index (χ2v) is 4.99. The van der Waals surface area contributed by atoms with Crippen molar-refractivity contribution in [1.82, 2.24) is 19.5 Å². The number of fused-ring (bicyclic) bond motifs is 2. The zero-order valence-corrected chi connectivity index (χ0v) is 10.4. The van der Waals surface area contributed by atoms with Gasteiger partial charge in [-0.3, -0.25) is 4.57 Å². The number of nitrogens with two attached hydrogens (primary N) is 1. The maximum atomic E-state index is 9.45. The van der Waals surface area contributed by atoms with Crippen LogP contribution in [0.1, 0.15) is 6.23 Å². The maximum absolute atomic E-state index is 9.45. The van der Waals surface area contributed by atoms with Gasteiger partial charge in [0.15, 0.2) is 17.7 Å². The predicted molar refractivity (Wildman–Crippen MR) is 65.4 cm³/mol. The Balaban J connectivity index is 1.77. The molecule has 0 aromatic carbocycles. The van der Waals surface area contributed by atoms with Crippen LogP contribution in [0.15, 0.2) is 12.7 Å². The molecule has 2 aromatic heterocycles. The smallest absolute Gasteiger partial charge is 0.167 e. The molecule has 2 fully saturated rings. The molecule has 106 valence electrons. The lowest BCUT2D eigenvalue weighted by molar-refractivity contribution is -0.168. The quantitative estimate of drug-likeness (QED) is 0.574. The summed E-state index contributed by atoms with van der Waals surface area (Å²) in [6, 6.07) is 0. The van der Waals surface area contributed by atoms with Gasteiger partial charge in [0.05, 0.1) is 19.5 Å². The number of hydrogen-bond acceptors (Lipinski definition) is 8. The Hall–Kier alpha value is -1.81. The number of nitrogens with zero attached hydrogens (tertiary/aromatic N) is 4. The molecule has 0 radical (unpaired) electrons. The number of hydrogen-bond donors (Lipinski definition) is 3. The van der Waals surface area contributed by atoms with Gasteiger partial charge in [0.25, 0.3) is 0 Å². The third-order valence-corrected chi connectivity index (χ3v) is 3.88. The van der Waals surface area contributed by atoms with Gasteiger partial charge in [-0.15, -0.1) is 0 Å². The van der Waals surface area contributed by atoms with E-state index in [1.165, 1.54) is 6.33 Å². The minimum absolute atomic E-state index is 0.233. The lowest BCUT2D eigenvalue weighted by Crippen LogP contribution is -2.43. The monoisotopic (exact) mass is 279 g/mol. The predicted octanol–water partition coefficient (Wildman–Crippen LogP) is -1.57. The van der Waals surface area contributed by atoms with Gasteiger partial charge in [-0.05, 0) is 0 Å². The third kappa shape index (κ3) is 1.37. The van der Waals surface area contributed by atoms with Crippen molar-refractivity contribution >= 4 is 17.0 Å². The molecule has 0 saturated carbocycles. The fourth-order valence-corrected chi connectivity index (χ4v) is 2.71. The summed E-state index contributed by atoms with van der Waals surface area (Å²) in [5.41, 5.74) is 5.68. The topological polar surface area (TPSA) is 132 Å². The second-order valence-electron chi connectivity index (χ2n) is 4.99. The van der Waals surface area contributed by atoms with Gasteiger partial charge in [-0.2, -0.15) is 0 Å². The highest BCUT2D eigenvalue weighted by Gasteiger charge is 2.67. The molecule has 0 bridgehead atoms. The fourth-order valence-electron chi connectivity index (χ4n) is 2.71. The van der Waals surface area contributed by atoms with Crippen LogP contribution >= 0.6 is 0 Å². The van der Waals surface area contributed by atoms with Crippen LogP contribution in [-0.2, 0) is 9.47 Å². The van der Waals surface area contributed by atoms with Crippen LogP contribution in [0.3, 0.4) is 0 Å². The Kier molecular flexibility index (Phi) is 2.31. The summed E-state index contributed by atoms with van der Waals surface area (Å²) in [5, 5.41) is 18.9. The van der Waals surface area contributed by atoms with E-state index in [-0.39, 0.29) is 31.2 Å². The van der Waals surface area contributed by atoms with E-state index in [0.717, 1.165) is 0 Å². The molecule has 4 rings (SSSR count). The first kappa shape index (κ1) is 12.0. The highest BCUT2D eigenvalue weighted by atomic mass is 16.7. The third-order valence-electron chi connectivity index (χ3n) is 3.88. The molecule has 9 heteroatoms. The van der Waals surface area contributed by atoms with Crippen molar-refractivity contribution in [2.45, 2.75) is 24.0 Å². The molecule has 2 saturated heterocycles. The van der Waals surface area contributed by atoms with E-state index < -0.39 is 11.8 Å². The fraction of sp³-hybridized carbons (Fsp3) is 0.545. The first-order chi connectivity index (χ1) is 9.70. The van der Waals surface area contributed by atoms with Gasteiger partial charge < -0.3 is 25.4 Å². The number of epoxide rings is 1. The van der Waals surface area contributed by atoms with Gasteiger partial charge in [-0.25, -0.2) is 15.0 Å². The van der Waals surface area contributed by atoms with Crippen LogP contribution in [0.4, 0.5) is 5.82 Å². The minimum atomic E-state index is -1.08. The van der Waals surface area contributed by atoms with Crippen LogP contribution in [0, 0.1) is 0 Å². The molecular formula is C11H13N5O4. The lowest BCUT2D eigenvalue weighted by atomic mass is 10.0. The molecule has 2 aliphatic heterocycles. The average molecular weight is 279 g/mol. The van der Waals surface area contributed by atoms with Crippen molar-refractivity contribution in [2.24, 2.45) is 0 Å². The standard InChI is InChI=1S/C11H13N5O4/c12-8-5-9(14-3-13-8)16(4-15-5)10-6-7(19-6)11(1-17,2-18)20-10/h3-4,6-7,10,17-18H,1-2H2,(H2,12,13,14)/t6-,7+,10+/m0/s1. The summed E-state index contributed by atoms with van der Waals surface area (Å²) in [6.07, 6.45) is 1.84. The molecule has 4 heterocycles. The molecule has 20 heavy (non-hydrogen) atoms. The highest BCUT2D eigenvalue weighted by molar-refractivity contribution is 5.81. The summed E-state index contributed by atoms with van der Waals surface area (Å²) >= 11 is 0. The van der Waals surface area contributed by atoms with Crippen LogP contribution in [0.25, 0.3) is 11.2 Å². The van der Waals surface area contributed by atoms with E-state index >= 15 is 0 Å². The van der Waals surface area contributed by atoms with Crippen LogP contribution < -0.4 is 5.73 Å². The van der Waals surface area contributed by atoms with Crippen LogP contribution in [0.2, 0.25) is 0 Å². The zero-order valence-electron chi connectivity index (χ0n) is 10.4. The Labute approximate surface area is 113 Å². The Morgan fingerprint density at radius 3 is 2.80 bits per heavy atom. The molecule has 0 amide bonds. The number of aliphatic hydroxyl groups excluding tert-OH is 2. The van der Waals surface area contributed by atoms with Gasteiger partial charge in [0.2, 0.25) is 0 Å². The lowest BCUT2D eigenvalue weighted by Gasteiger charge is -2.27. The maximum Gasteiger partial charge on any atom is 0.167 e. The van der Waals surface area contributed by atoms with Crippen molar-refractivity contribution < 1.29 is 19.7 Å². The zero-order chi connectivity index (χ0) is 13.9. The van der Waals surface area contributed by atoms with Gasteiger partial charge in [0, 0.05) is 0 Å².